The number of amides is 1. The van der Waals surface area contributed by atoms with E-state index in [0.29, 0.717) is 19.5 Å². The quantitative estimate of drug-likeness (QED) is 0.608. The number of hydrogen-bond donors (Lipinski definition) is 3. The fraction of sp³-hybridized carbons (Fsp3) is 0.533. The molecule has 0 heterocycles. The van der Waals surface area contributed by atoms with Gasteiger partial charge in [0.25, 0.3) is 0 Å². The van der Waals surface area contributed by atoms with E-state index in [4.69, 9.17) is 0 Å². The average molecular weight is 336 g/mol. The summed E-state index contributed by atoms with van der Waals surface area (Å²) in [6, 6.07) is 8.09. The van der Waals surface area contributed by atoms with E-state index >= 15 is 0 Å². The fourth-order valence-electron chi connectivity index (χ4n) is 1.76. The number of hydrogen-bond acceptors (Lipinski definition) is 3. The van der Waals surface area contributed by atoms with E-state index in [1.165, 1.54) is 5.56 Å². The van der Waals surface area contributed by atoms with Crippen LogP contribution in [0.3, 0.4) is 0 Å². The zero-order chi connectivity index (χ0) is 13.9. The Morgan fingerprint density at radius 2 is 1.76 bits per heavy atom. The second-order valence-corrected chi connectivity index (χ2v) is 4.59. The van der Waals surface area contributed by atoms with Crippen LogP contribution in [0.25, 0.3) is 0 Å². The largest absolute Gasteiger partial charge is 0.384 e. The molecule has 3 N–H and O–H groups in total. The number of halogens is 2. The summed E-state index contributed by atoms with van der Waals surface area (Å²) in [5.74, 6) is 0.0967. The molecule has 21 heavy (non-hydrogen) atoms. The van der Waals surface area contributed by atoms with Crippen LogP contribution in [0.1, 0.15) is 25.3 Å². The predicted octanol–water partition coefficient (Wildman–Crippen LogP) is 2.76. The number of benzene rings is 1. The Bertz CT molecular complexity index is 389. The molecule has 0 radical (unpaired) electrons. The normalized spacial score (nSPS) is 9.24. The average Bonchev–Trinajstić information content (AvgIpc) is 2.41. The maximum Gasteiger partial charge on any atom is 0.221 e. The summed E-state index contributed by atoms with van der Waals surface area (Å²) in [6.45, 7) is 7.39. The van der Waals surface area contributed by atoms with E-state index < -0.39 is 0 Å². The standard InChI is InChI=1S/C15H25N3O.2ClH/c1-3-9-16-11-12-18-15(19)8-10-17-14-7-5-4-6-13(14)2;;/h4-7,16-17H,3,8-12H2,1-2H3,(H,18,19);2*1H. The molecule has 0 saturated carbocycles. The van der Waals surface area contributed by atoms with Crippen LogP contribution in [-0.4, -0.2) is 32.1 Å². The van der Waals surface area contributed by atoms with Gasteiger partial charge in [0.15, 0.2) is 0 Å². The van der Waals surface area contributed by atoms with E-state index in [9.17, 15) is 4.79 Å². The molecule has 1 aromatic carbocycles. The number of anilines is 1. The first kappa shape index (κ1) is 22.3. The molecule has 0 aliphatic heterocycles. The van der Waals surface area contributed by atoms with Crippen molar-refractivity contribution in [2.45, 2.75) is 26.7 Å². The Balaban J connectivity index is 0. The third-order valence-corrected chi connectivity index (χ3v) is 2.86. The highest BCUT2D eigenvalue weighted by molar-refractivity contribution is 5.85. The van der Waals surface area contributed by atoms with E-state index in [1.807, 2.05) is 18.2 Å². The van der Waals surface area contributed by atoms with Gasteiger partial charge in [-0.15, -0.1) is 24.8 Å². The minimum absolute atomic E-state index is 0. The first-order valence-corrected chi connectivity index (χ1v) is 7.01. The van der Waals surface area contributed by atoms with E-state index in [0.717, 1.165) is 25.2 Å². The minimum Gasteiger partial charge on any atom is -0.384 e. The van der Waals surface area contributed by atoms with Gasteiger partial charge in [-0.3, -0.25) is 4.79 Å². The molecule has 6 heteroatoms. The summed E-state index contributed by atoms with van der Waals surface area (Å²) in [5, 5.41) is 9.43. The molecule has 0 fully saturated rings. The number of rotatable bonds is 9. The molecule has 122 valence electrons. The zero-order valence-corrected chi connectivity index (χ0v) is 14.4. The summed E-state index contributed by atoms with van der Waals surface area (Å²) in [5.41, 5.74) is 2.30. The number of nitrogens with one attached hydrogen (secondary N) is 3. The SMILES string of the molecule is CCCNCCNC(=O)CCNc1ccccc1C.Cl.Cl. The molecule has 0 aliphatic carbocycles. The summed E-state index contributed by atoms with van der Waals surface area (Å²) < 4.78 is 0. The van der Waals surface area contributed by atoms with Gasteiger partial charge in [-0.1, -0.05) is 25.1 Å². The molecule has 0 aromatic heterocycles. The van der Waals surface area contributed by atoms with Crippen molar-refractivity contribution >= 4 is 36.4 Å². The lowest BCUT2D eigenvalue weighted by Crippen LogP contribution is -2.32. The molecule has 0 aliphatic rings. The lowest BCUT2D eigenvalue weighted by atomic mass is 10.2. The van der Waals surface area contributed by atoms with Gasteiger partial charge < -0.3 is 16.0 Å². The molecule has 1 amide bonds. The molecular formula is C15H27Cl2N3O. The van der Waals surface area contributed by atoms with Crippen molar-refractivity contribution in [3.8, 4) is 0 Å². The van der Waals surface area contributed by atoms with Crippen LogP contribution < -0.4 is 16.0 Å². The Morgan fingerprint density at radius 1 is 1.05 bits per heavy atom. The fourth-order valence-corrected chi connectivity index (χ4v) is 1.76. The highest BCUT2D eigenvalue weighted by Crippen LogP contribution is 2.12. The highest BCUT2D eigenvalue weighted by Gasteiger charge is 2.01. The first-order chi connectivity index (χ1) is 9.24. The molecule has 0 unspecified atom stereocenters. The summed E-state index contributed by atoms with van der Waals surface area (Å²) in [6.07, 6.45) is 1.62. The third-order valence-electron chi connectivity index (χ3n) is 2.86. The van der Waals surface area contributed by atoms with Crippen molar-refractivity contribution in [2.75, 3.05) is 31.5 Å². The Hall–Kier alpha value is -0.970. The van der Waals surface area contributed by atoms with Crippen LogP contribution in [0.4, 0.5) is 5.69 Å². The second-order valence-electron chi connectivity index (χ2n) is 4.59. The third kappa shape index (κ3) is 10.4. The Labute approximate surface area is 140 Å². The van der Waals surface area contributed by atoms with Crippen LogP contribution in [0.5, 0.6) is 0 Å². The second kappa shape index (κ2) is 14.0. The Morgan fingerprint density at radius 3 is 2.43 bits per heavy atom. The Kier molecular flexibility index (Phi) is 14.9. The number of para-hydroxylation sites is 1. The molecule has 0 spiro atoms. The van der Waals surface area contributed by atoms with Gasteiger partial charge in [0.2, 0.25) is 5.91 Å². The summed E-state index contributed by atoms with van der Waals surface area (Å²) >= 11 is 0. The number of carbonyl (C=O) groups excluding carboxylic acids is 1. The van der Waals surface area contributed by atoms with Crippen molar-refractivity contribution < 1.29 is 4.79 Å². The van der Waals surface area contributed by atoms with Gasteiger partial charge >= 0.3 is 0 Å². The van der Waals surface area contributed by atoms with Gasteiger partial charge in [-0.25, -0.2) is 0 Å². The van der Waals surface area contributed by atoms with Crippen molar-refractivity contribution in [3.05, 3.63) is 29.8 Å². The predicted molar refractivity (Wildman–Crippen MR) is 95.0 cm³/mol. The van der Waals surface area contributed by atoms with E-state index in [-0.39, 0.29) is 30.7 Å². The van der Waals surface area contributed by atoms with Gasteiger partial charge in [0.1, 0.15) is 0 Å². The summed E-state index contributed by atoms with van der Waals surface area (Å²) in [7, 11) is 0. The summed E-state index contributed by atoms with van der Waals surface area (Å²) in [4.78, 5) is 11.6. The van der Waals surface area contributed by atoms with Crippen LogP contribution in [0.15, 0.2) is 24.3 Å². The van der Waals surface area contributed by atoms with Gasteiger partial charge in [-0.05, 0) is 31.5 Å². The van der Waals surface area contributed by atoms with Crippen molar-refractivity contribution in [1.82, 2.24) is 10.6 Å². The smallest absolute Gasteiger partial charge is 0.221 e. The van der Waals surface area contributed by atoms with Crippen molar-refractivity contribution in [3.63, 3.8) is 0 Å². The van der Waals surface area contributed by atoms with E-state index in [1.54, 1.807) is 0 Å². The monoisotopic (exact) mass is 335 g/mol. The number of carbonyl (C=O) groups is 1. The molecule has 1 rings (SSSR count). The zero-order valence-electron chi connectivity index (χ0n) is 12.8. The molecule has 4 nitrogen and oxygen atoms in total. The van der Waals surface area contributed by atoms with E-state index in [2.05, 4.69) is 35.9 Å². The minimum atomic E-state index is 0. The van der Waals surface area contributed by atoms with Gasteiger partial charge in [0, 0.05) is 31.7 Å². The topological polar surface area (TPSA) is 53.2 Å². The van der Waals surface area contributed by atoms with Crippen LogP contribution in [-0.2, 0) is 4.79 Å². The maximum atomic E-state index is 11.6. The van der Waals surface area contributed by atoms with Crippen LogP contribution >= 0.6 is 24.8 Å². The molecule has 0 bridgehead atoms. The van der Waals surface area contributed by atoms with Gasteiger partial charge in [0.05, 0.1) is 0 Å². The number of aryl methyl sites for hydroxylation is 1. The van der Waals surface area contributed by atoms with Crippen LogP contribution in [0, 0.1) is 6.92 Å². The molecule has 0 atom stereocenters. The first-order valence-electron chi connectivity index (χ1n) is 7.01. The lowest BCUT2D eigenvalue weighted by Gasteiger charge is -2.09. The molecular weight excluding hydrogens is 309 g/mol. The molecule has 1 aromatic rings. The van der Waals surface area contributed by atoms with Crippen molar-refractivity contribution in [2.24, 2.45) is 0 Å². The van der Waals surface area contributed by atoms with Crippen LogP contribution in [0.2, 0.25) is 0 Å². The van der Waals surface area contributed by atoms with Gasteiger partial charge in [-0.2, -0.15) is 0 Å². The van der Waals surface area contributed by atoms with Crippen molar-refractivity contribution in [1.29, 1.82) is 0 Å². The lowest BCUT2D eigenvalue weighted by molar-refractivity contribution is -0.120. The highest BCUT2D eigenvalue weighted by atomic mass is 35.5. The maximum absolute atomic E-state index is 11.6. The molecule has 0 saturated heterocycles.